The van der Waals surface area contributed by atoms with E-state index in [1.54, 1.807) is 0 Å². The maximum absolute atomic E-state index is 2.57. The molecule has 1 saturated carbocycles. The van der Waals surface area contributed by atoms with Crippen molar-refractivity contribution in [2.75, 3.05) is 6.26 Å². The Morgan fingerprint density at radius 3 is 2.22 bits per heavy atom. The van der Waals surface area contributed by atoms with Crippen LogP contribution in [0, 0.1) is 0 Å². The molecule has 18 heavy (non-hydrogen) atoms. The van der Waals surface area contributed by atoms with E-state index in [0.29, 0.717) is 0 Å². The molecule has 0 bridgehead atoms. The third-order valence-electron chi connectivity index (χ3n) is 4.00. The lowest BCUT2D eigenvalue weighted by Crippen LogP contribution is -2.88. The summed E-state index contributed by atoms with van der Waals surface area (Å²) >= 11 is 1.82. The van der Waals surface area contributed by atoms with E-state index in [0.717, 1.165) is 12.6 Å². The van der Waals surface area contributed by atoms with Crippen LogP contribution in [0.5, 0.6) is 0 Å². The van der Waals surface area contributed by atoms with Crippen molar-refractivity contribution < 1.29 is 5.32 Å². The number of thioether (sulfide) groups is 1. The summed E-state index contributed by atoms with van der Waals surface area (Å²) in [4.78, 5) is 1.37. The van der Waals surface area contributed by atoms with Gasteiger partial charge in [0.05, 0.1) is 6.04 Å². The Balaban J connectivity index is 1.78. The van der Waals surface area contributed by atoms with Gasteiger partial charge in [0.2, 0.25) is 0 Å². The Labute approximate surface area is 116 Å². The van der Waals surface area contributed by atoms with Gasteiger partial charge >= 0.3 is 0 Å². The van der Waals surface area contributed by atoms with Crippen LogP contribution >= 0.6 is 11.8 Å². The van der Waals surface area contributed by atoms with Gasteiger partial charge in [0.15, 0.2) is 0 Å². The van der Waals surface area contributed by atoms with Gasteiger partial charge in [-0.25, -0.2) is 0 Å². The summed E-state index contributed by atoms with van der Waals surface area (Å²) in [6.45, 7) is 1.15. The van der Waals surface area contributed by atoms with Gasteiger partial charge in [0.1, 0.15) is 6.54 Å². The van der Waals surface area contributed by atoms with Gasteiger partial charge in [0.25, 0.3) is 0 Å². The van der Waals surface area contributed by atoms with Crippen molar-refractivity contribution >= 4 is 11.8 Å². The first kappa shape index (κ1) is 14.0. The monoisotopic (exact) mass is 264 g/mol. The van der Waals surface area contributed by atoms with Gasteiger partial charge in [0, 0.05) is 10.5 Å². The molecule has 0 aromatic heterocycles. The predicted octanol–water partition coefficient (Wildman–Crippen LogP) is 3.58. The van der Waals surface area contributed by atoms with Gasteiger partial charge in [-0.2, -0.15) is 0 Å². The first-order chi connectivity index (χ1) is 8.88. The van der Waals surface area contributed by atoms with E-state index in [-0.39, 0.29) is 0 Å². The molecule has 1 aromatic rings. The first-order valence-corrected chi connectivity index (χ1v) is 8.57. The Kier molecular flexibility index (Phi) is 6.09. The molecule has 0 saturated heterocycles. The van der Waals surface area contributed by atoms with E-state index in [1.165, 1.54) is 55.4 Å². The predicted molar refractivity (Wildman–Crippen MR) is 80.0 cm³/mol. The smallest absolute Gasteiger partial charge is 0.101 e. The average molecular weight is 264 g/mol. The summed E-state index contributed by atoms with van der Waals surface area (Å²) < 4.78 is 0. The normalized spacial score (nSPS) is 18.3. The van der Waals surface area contributed by atoms with Crippen molar-refractivity contribution in [2.24, 2.45) is 0 Å². The Bertz CT molecular complexity index is 325. The molecular weight excluding hydrogens is 238 g/mol. The lowest BCUT2D eigenvalue weighted by atomic mass is 9.96. The number of rotatable bonds is 4. The van der Waals surface area contributed by atoms with Crippen molar-refractivity contribution in [1.82, 2.24) is 0 Å². The summed E-state index contributed by atoms with van der Waals surface area (Å²) in [5.74, 6) is 0. The standard InChI is InChI=1S/C16H25NS/c1-18-16-11-9-14(10-12-16)13-17-15-7-5-3-2-4-6-8-15/h9-12,15,17H,2-8,13H2,1H3/p+1. The quantitative estimate of drug-likeness (QED) is 0.822. The highest BCUT2D eigenvalue weighted by atomic mass is 32.2. The molecule has 0 unspecified atom stereocenters. The van der Waals surface area contributed by atoms with Crippen molar-refractivity contribution in [3.05, 3.63) is 29.8 Å². The SMILES string of the molecule is CSc1ccc(C[NH2+]C2CCCCCCC2)cc1. The fourth-order valence-electron chi connectivity index (χ4n) is 2.79. The molecule has 1 aliphatic carbocycles. The van der Waals surface area contributed by atoms with Crippen LogP contribution < -0.4 is 5.32 Å². The second kappa shape index (κ2) is 7.85. The summed E-state index contributed by atoms with van der Waals surface area (Å²) in [7, 11) is 0. The first-order valence-electron chi connectivity index (χ1n) is 7.35. The van der Waals surface area contributed by atoms with Crippen LogP contribution in [0.2, 0.25) is 0 Å². The summed E-state index contributed by atoms with van der Waals surface area (Å²) in [5.41, 5.74) is 1.47. The zero-order valence-corrected chi connectivity index (χ0v) is 12.3. The molecule has 2 rings (SSSR count). The van der Waals surface area contributed by atoms with Crippen LogP contribution in [0.4, 0.5) is 0 Å². The third kappa shape index (κ3) is 4.66. The topological polar surface area (TPSA) is 16.6 Å². The van der Waals surface area contributed by atoms with E-state index in [9.17, 15) is 0 Å². The molecule has 0 atom stereocenters. The van der Waals surface area contributed by atoms with E-state index in [1.807, 2.05) is 11.8 Å². The molecule has 0 amide bonds. The zero-order valence-electron chi connectivity index (χ0n) is 11.5. The minimum Gasteiger partial charge on any atom is -0.340 e. The molecule has 1 aromatic carbocycles. The van der Waals surface area contributed by atoms with Gasteiger partial charge in [-0.15, -0.1) is 11.8 Å². The molecule has 1 nitrogen and oxygen atoms in total. The fraction of sp³-hybridized carbons (Fsp3) is 0.625. The molecule has 100 valence electrons. The molecule has 0 aliphatic heterocycles. The Morgan fingerprint density at radius 1 is 1.00 bits per heavy atom. The van der Waals surface area contributed by atoms with E-state index in [4.69, 9.17) is 0 Å². The van der Waals surface area contributed by atoms with Gasteiger partial charge in [-0.1, -0.05) is 31.4 Å². The molecule has 0 radical (unpaired) electrons. The van der Waals surface area contributed by atoms with E-state index >= 15 is 0 Å². The van der Waals surface area contributed by atoms with Gasteiger partial charge < -0.3 is 5.32 Å². The highest BCUT2D eigenvalue weighted by molar-refractivity contribution is 7.98. The van der Waals surface area contributed by atoms with Crippen LogP contribution in [-0.2, 0) is 6.54 Å². The third-order valence-corrected chi connectivity index (χ3v) is 4.74. The van der Waals surface area contributed by atoms with Crippen LogP contribution in [0.25, 0.3) is 0 Å². The minimum atomic E-state index is 0.866. The maximum Gasteiger partial charge on any atom is 0.101 e. The molecular formula is C16H26NS+. The maximum atomic E-state index is 2.57. The molecule has 1 fully saturated rings. The molecule has 2 heteroatoms. The van der Waals surface area contributed by atoms with Crippen molar-refractivity contribution in [3.8, 4) is 0 Å². The lowest BCUT2D eigenvalue weighted by molar-refractivity contribution is -0.706. The van der Waals surface area contributed by atoms with Crippen LogP contribution in [0.1, 0.15) is 50.5 Å². The van der Waals surface area contributed by atoms with Gasteiger partial charge in [-0.3, -0.25) is 0 Å². The lowest BCUT2D eigenvalue weighted by Gasteiger charge is -2.18. The Morgan fingerprint density at radius 2 is 1.61 bits per heavy atom. The molecule has 0 spiro atoms. The fourth-order valence-corrected chi connectivity index (χ4v) is 3.20. The number of nitrogens with two attached hydrogens (primary N) is 1. The summed E-state index contributed by atoms with van der Waals surface area (Å²) in [6.07, 6.45) is 12.2. The molecule has 0 heterocycles. The molecule has 1 aliphatic rings. The van der Waals surface area contributed by atoms with E-state index in [2.05, 4.69) is 35.8 Å². The van der Waals surface area contributed by atoms with Crippen molar-refractivity contribution in [1.29, 1.82) is 0 Å². The van der Waals surface area contributed by atoms with Crippen molar-refractivity contribution in [3.63, 3.8) is 0 Å². The van der Waals surface area contributed by atoms with Crippen LogP contribution in [-0.4, -0.2) is 12.3 Å². The highest BCUT2D eigenvalue weighted by Crippen LogP contribution is 2.16. The van der Waals surface area contributed by atoms with Gasteiger partial charge in [-0.05, 0) is 44.1 Å². The Hall–Kier alpha value is -0.470. The molecule has 2 N–H and O–H groups in total. The van der Waals surface area contributed by atoms with Crippen LogP contribution in [0.15, 0.2) is 29.2 Å². The largest absolute Gasteiger partial charge is 0.340 e. The van der Waals surface area contributed by atoms with Crippen molar-refractivity contribution in [2.45, 2.75) is 62.4 Å². The second-order valence-corrected chi connectivity index (χ2v) is 6.27. The number of benzene rings is 1. The number of quaternary nitrogens is 1. The minimum absolute atomic E-state index is 0.866. The number of hydrogen-bond acceptors (Lipinski definition) is 1. The second-order valence-electron chi connectivity index (χ2n) is 5.39. The summed E-state index contributed by atoms with van der Waals surface area (Å²) in [6, 6.07) is 9.92. The zero-order chi connectivity index (χ0) is 12.6. The summed E-state index contributed by atoms with van der Waals surface area (Å²) in [5, 5.41) is 2.57. The van der Waals surface area contributed by atoms with Crippen LogP contribution in [0.3, 0.4) is 0 Å². The van der Waals surface area contributed by atoms with E-state index < -0.39 is 0 Å². The number of hydrogen-bond donors (Lipinski definition) is 1. The highest BCUT2D eigenvalue weighted by Gasteiger charge is 2.13. The average Bonchev–Trinajstić information content (AvgIpc) is 2.38.